The highest BCUT2D eigenvalue weighted by atomic mass is 16.2. The second-order valence-electron chi connectivity index (χ2n) is 6.77. The molecule has 0 saturated carbocycles. The fourth-order valence-electron chi connectivity index (χ4n) is 3.15. The number of nitrogens with one attached hydrogen (secondary N) is 2. The fraction of sp³-hybridized carbons (Fsp3) is 0.889. The zero-order valence-corrected chi connectivity index (χ0v) is 15.9. The van der Waals surface area contributed by atoms with Gasteiger partial charge in [0.1, 0.15) is 12.3 Å². The van der Waals surface area contributed by atoms with E-state index in [-0.39, 0.29) is 24.1 Å². The van der Waals surface area contributed by atoms with E-state index < -0.39 is 0 Å². The summed E-state index contributed by atoms with van der Waals surface area (Å²) in [7, 11) is 0. The molecule has 24 heavy (non-hydrogen) atoms. The van der Waals surface area contributed by atoms with Crippen molar-refractivity contribution in [2.45, 2.75) is 104 Å². The van der Waals surface area contributed by atoms with Crippen molar-refractivity contribution < 1.29 is 9.59 Å². The van der Waals surface area contributed by atoms with E-state index in [0.717, 1.165) is 38.5 Å². The Morgan fingerprint density at radius 3 is 1.38 bits per heavy atom. The molecule has 1 saturated heterocycles. The first kappa shape index (κ1) is 20.9. The zero-order valence-electron chi connectivity index (χ0n) is 15.9. The molecule has 2 atom stereocenters. The summed E-state index contributed by atoms with van der Waals surface area (Å²) in [5.41, 5.74) is 6.56. The molecular weight excluding hydrogens is 304 g/mol. The number of hydrogen-bond acceptors (Lipinski definition) is 4. The van der Waals surface area contributed by atoms with Crippen LogP contribution in [0.5, 0.6) is 0 Å². The van der Waals surface area contributed by atoms with E-state index in [4.69, 9.17) is 0 Å². The maximum absolute atomic E-state index is 12.0. The smallest absolute Gasteiger partial charge is 0.235 e. The molecule has 6 nitrogen and oxygen atoms in total. The Hall–Kier alpha value is -1.14. The Morgan fingerprint density at radius 2 is 1.08 bits per heavy atom. The van der Waals surface area contributed by atoms with Gasteiger partial charge in [-0.05, 0) is 25.7 Å². The summed E-state index contributed by atoms with van der Waals surface area (Å²) < 4.78 is 0. The summed E-state index contributed by atoms with van der Waals surface area (Å²) in [6.45, 7) is 7.52. The topological polar surface area (TPSA) is 64.7 Å². The second kappa shape index (κ2) is 11.4. The standard InChI is InChI=1S/C18H36N4O2/c1-5-7-9-11-13-17-19-22(16(4)24)18(14-12-10-8-6-2)20-21(17)15(3)23/h17-20H,5-14H2,1-4H3/t17-,18-/m1/s1. The van der Waals surface area contributed by atoms with Crippen LogP contribution in [0.3, 0.4) is 0 Å². The monoisotopic (exact) mass is 340 g/mol. The molecule has 0 aliphatic carbocycles. The number of carbonyl (C=O) groups excluding carboxylic acids is 2. The van der Waals surface area contributed by atoms with Gasteiger partial charge in [-0.3, -0.25) is 19.6 Å². The lowest BCUT2D eigenvalue weighted by Gasteiger charge is -2.47. The van der Waals surface area contributed by atoms with Gasteiger partial charge >= 0.3 is 0 Å². The molecule has 1 aliphatic heterocycles. The summed E-state index contributed by atoms with van der Waals surface area (Å²) >= 11 is 0. The second-order valence-corrected chi connectivity index (χ2v) is 6.77. The summed E-state index contributed by atoms with van der Waals surface area (Å²) in [5, 5.41) is 3.35. The van der Waals surface area contributed by atoms with E-state index in [1.54, 1.807) is 23.9 Å². The Balaban J connectivity index is 2.65. The molecule has 0 unspecified atom stereocenters. The highest BCUT2D eigenvalue weighted by molar-refractivity contribution is 5.75. The number of nitrogens with zero attached hydrogens (tertiary/aromatic N) is 2. The minimum atomic E-state index is -0.157. The number of rotatable bonds is 10. The van der Waals surface area contributed by atoms with E-state index in [1.165, 1.54) is 25.7 Å². The molecule has 0 spiro atoms. The first-order valence-corrected chi connectivity index (χ1v) is 9.63. The van der Waals surface area contributed by atoms with Crippen molar-refractivity contribution in [3.05, 3.63) is 0 Å². The van der Waals surface area contributed by atoms with Crippen LogP contribution in [0.2, 0.25) is 0 Å². The lowest BCUT2D eigenvalue weighted by atomic mass is 10.1. The van der Waals surface area contributed by atoms with E-state index in [2.05, 4.69) is 24.7 Å². The van der Waals surface area contributed by atoms with Crippen molar-refractivity contribution in [1.82, 2.24) is 20.9 Å². The lowest BCUT2D eigenvalue weighted by molar-refractivity contribution is -0.165. The Bertz CT molecular complexity index is 353. The number of hydrazine groups is 2. The first-order valence-electron chi connectivity index (χ1n) is 9.63. The molecule has 0 radical (unpaired) electrons. The molecule has 1 fully saturated rings. The predicted molar refractivity (Wildman–Crippen MR) is 96.4 cm³/mol. The molecule has 0 aromatic rings. The molecule has 2 amide bonds. The van der Waals surface area contributed by atoms with Gasteiger partial charge in [0.15, 0.2) is 0 Å². The van der Waals surface area contributed by atoms with Crippen molar-refractivity contribution in [1.29, 1.82) is 0 Å². The van der Waals surface area contributed by atoms with Crippen molar-refractivity contribution in [2.24, 2.45) is 0 Å². The van der Waals surface area contributed by atoms with E-state index in [1.807, 2.05) is 0 Å². The SMILES string of the molecule is CCCCCC[C@@H]1NN(C(C)=O)[C@H](CCCCCC)NN1C(C)=O. The summed E-state index contributed by atoms with van der Waals surface area (Å²) in [6.07, 6.45) is 10.6. The van der Waals surface area contributed by atoms with Crippen LogP contribution < -0.4 is 10.9 Å². The van der Waals surface area contributed by atoms with Gasteiger partial charge in [-0.1, -0.05) is 52.4 Å². The van der Waals surface area contributed by atoms with Gasteiger partial charge in [-0.2, -0.15) is 0 Å². The molecule has 1 heterocycles. The molecule has 1 rings (SSSR count). The van der Waals surface area contributed by atoms with Crippen LogP contribution in [0.4, 0.5) is 0 Å². The largest absolute Gasteiger partial charge is 0.274 e. The minimum Gasteiger partial charge on any atom is -0.274 e. The van der Waals surface area contributed by atoms with Gasteiger partial charge in [-0.15, -0.1) is 0 Å². The van der Waals surface area contributed by atoms with E-state index in [9.17, 15) is 9.59 Å². The van der Waals surface area contributed by atoms with Crippen LogP contribution >= 0.6 is 0 Å². The fourth-order valence-corrected chi connectivity index (χ4v) is 3.15. The van der Waals surface area contributed by atoms with Gasteiger partial charge in [0.05, 0.1) is 0 Å². The molecule has 0 bridgehead atoms. The van der Waals surface area contributed by atoms with E-state index in [0.29, 0.717) is 0 Å². The van der Waals surface area contributed by atoms with Crippen LogP contribution in [0, 0.1) is 0 Å². The Kier molecular flexibility index (Phi) is 9.95. The van der Waals surface area contributed by atoms with Crippen LogP contribution in [0.1, 0.15) is 91.9 Å². The van der Waals surface area contributed by atoms with Crippen LogP contribution in [0.25, 0.3) is 0 Å². The Morgan fingerprint density at radius 1 is 0.708 bits per heavy atom. The quantitative estimate of drug-likeness (QED) is 0.599. The maximum Gasteiger partial charge on any atom is 0.235 e. The van der Waals surface area contributed by atoms with Crippen LogP contribution in [0.15, 0.2) is 0 Å². The highest BCUT2D eigenvalue weighted by Crippen LogP contribution is 2.17. The third-order valence-electron chi connectivity index (χ3n) is 4.54. The Labute approximate surface area is 147 Å². The number of hydrogen-bond donors (Lipinski definition) is 2. The number of carbonyl (C=O) groups is 2. The predicted octanol–water partition coefficient (Wildman–Crippen LogP) is 3.30. The zero-order chi connectivity index (χ0) is 17.9. The van der Waals surface area contributed by atoms with Gasteiger partial charge < -0.3 is 0 Å². The number of unbranched alkanes of at least 4 members (excludes halogenated alkanes) is 6. The third kappa shape index (κ3) is 6.77. The van der Waals surface area contributed by atoms with Crippen LogP contribution in [-0.4, -0.2) is 34.2 Å². The van der Waals surface area contributed by atoms with Crippen molar-refractivity contribution >= 4 is 11.8 Å². The van der Waals surface area contributed by atoms with Crippen molar-refractivity contribution in [2.75, 3.05) is 0 Å². The van der Waals surface area contributed by atoms with Crippen LogP contribution in [-0.2, 0) is 9.59 Å². The van der Waals surface area contributed by atoms with Gasteiger partial charge in [-0.25, -0.2) is 10.9 Å². The van der Waals surface area contributed by atoms with Gasteiger partial charge in [0.2, 0.25) is 11.8 Å². The summed E-state index contributed by atoms with van der Waals surface area (Å²) in [5.74, 6) is -0.0190. The summed E-state index contributed by atoms with van der Waals surface area (Å²) in [6, 6.07) is 0. The highest BCUT2D eigenvalue weighted by Gasteiger charge is 2.35. The van der Waals surface area contributed by atoms with Gasteiger partial charge in [0.25, 0.3) is 0 Å². The molecule has 1 aliphatic rings. The average Bonchev–Trinajstić information content (AvgIpc) is 2.55. The normalized spacial score (nSPS) is 21.2. The lowest BCUT2D eigenvalue weighted by Crippen LogP contribution is -2.72. The molecule has 0 aromatic heterocycles. The maximum atomic E-state index is 12.0. The molecule has 140 valence electrons. The molecular formula is C18H36N4O2. The van der Waals surface area contributed by atoms with E-state index >= 15 is 0 Å². The molecule has 0 aromatic carbocycles. The van der Waals surface area contributed by atoms with Gasteiger partial charge in [0, 0.05) is 13.8 Å². The minimum absolute atomic E-state index is 0.00949. The average molecular weight is 341 g/mol. The van der Waals surface area contributed by atoms with Crippen molar-refractivity contribution in [3.8, 4) is 0 Å². The molecule has 2 N–H and O–H groups in total. The number of amides is 2. The third-order valence-corrected chi connectivity index (χ3v) is 4.54. The van der Waals surface area contributed by atoms with Crippen molar-refractivity contribution in [3.63, 3.8) is 0 Å². The molecule has 6 heteroatoms. The first-order chi connectivity index (χ1) is 11.5. The summed E-state index contributed by atoms with van der Waals surface area (Å²) in [4.78, 5) is 24.0.